The maximum Gasteiger partial charge on any atom is 0.224 e. The fourth-order valence-corrected chi connectivity index (χ4v) is 1.97. The molecular weight excluding hydrogens is 288 g/mol. The second kappa shape index (κ2) is 12.6. The molecular formula is C16H27ClN2O2. The van der Waals surface area contributed by atoms with Gasteiger partial charge in [-0.05, 0) is 44.0 Å². The third kappa shape index (κ3) is 9.45. The van der Waals surface area contributed by atoms with Crippen LogP contribution >= 0.6 is 12.4 Å². The van der Waals surface area contributed by atoms with Crippen molar-refractivity contribution in [1.82, 2.24) is 0 Å². The number of nitrogens with one attached hydrogen (secondary N) is 1. The Balaban J connectivity index is 0.00000400. The van der Waals surface area contributed by atoms with Crippen LogP contribution in [0, 0.1) is 0 Å². The second-order valence-electron chi connectivity index (χ2n) is 4.84. The molecule has 21 heavy (non-hydrogen) atoms. The summed E-state index contributed by atoms with van der Waals surface area (Å²) in [6, 6.07) is 7.80. The standard InChI is InChI=1S/C16H26N2O2.ClH/c1-2-20-13-14-8-7-9-15(12-14)18-16(19)10-5-3-4-6-11-17;/h7-9,12H,2-6,10-11,13,17H2,1H3,(H,18,19);1H. The Bertz CT molecular complexity index is 400. The van der Waals surface area contributed by atoms with Gasteiger partial charge in [-0.3, -0.25) is 4.79 Å². The van der Waals surface area contributed by atoms with Gasteiger partial charge in [0.1, 0.15) is 0 Å². The van der Waals surface area contributed by atoms with Crippen molar-refractivity contribution in [3.05, 3.63) is 29.8 Å². The highest BCUT2D eigenvalue weighted by molar-refractivity contribution is 5.90. The van der Waals surface area contributed by atoms with Gasteiger partial charge in [0.2, 0.25) is 5.91 Å². The first kappa shape index (κ1) is 19.9. The molecule has 0 aliphatic carbocycles. The van der Waals surface area contributed by atoms with E-state index in [2.05, 4.69) is 5.32 Å². The van der Waals surface area contributed by atoms with Crippen LogP contribution in [0.25, 0.3) is 0 Å². The van der Waals surface area contributed by atoms with E-state index >= 15 is 0 Å². The molecule has 0 atom stereocenters. The molecule has 3 N–H and O–H groups in total. The largest absolute Gasteiger partial charge is 0.377 e. The maximum absolute atomic E-state index is 11.8. The average Bonchev–Trinajstić information content (AvgIpc) is 2.45. The fraction of sp³-hybridized carbons (Fsp3) is 0.562. The molecule has 0 fully saturated rings. The van der Waals surface area contributed by atoms with Crippen LogP contribution in [0.4, 0.5) is 5.69 Å². The first-order chi connectivity index (χ1) is 9.76. The van der Waals surface area contributed by atoms with Crippen molar-refractivity contribution in [2.45, 2.75) is 45.6 Å². The van der Waals surface area contributed by atoms with E-state index in [1.165, 1.54) is 0 Å². The van der Waals surface area contributed by atoms with Crippen LogP contribution in [0.2, 0.25) is 0 Å². The number of anilines is 1. The zero-order chi connectivity index (χ0) is 14.6. The Hall–Kier alpha value is -1.10. The summed E-state index contributed by atoms with van der Waals surface area (Å²) in [4.78, 5) is 11.8. The lowest BCUT2D eigenvalue weighted by molar-refractivity contribution is -0.116. The van der Waals surface area contributed by atoms with Gasteiger partial charge in [-0.2, -0.15) is 0 Å². The van der Waals surface area contributed by atoms with Crippen LogP contribution in [-0.4, -0.2) is 19.1 Å². The predicted octanol–water partition coefficient (Wildman–Crippen LogP) is 3.49. The Labute approximate surface area is 133 Å². The Morgan fingerprint density at radius 2 is 2.00 bits per heavy atom. The third-order valence-electron chi connectivity index (χ3n) is 3.04. The van der Waals surface area contributed by atoms with Gasteiger partial charge in [0.25, 0.3) is 0 Å². The van der Waals surface area contributed by atoms with E-state index in [9.17, 15) is 4.79 Å². The number of hydrogen-bond donors (Lipinski definition) is 2. The van der Waals surface area contributed by atoms with Gasteiger partial charge in [0.05, 0.1) is 6.61 Å². The van der Waals surface area contributed by atoms with Gasteiger partial charge in [-0.25, -0.2) is 0 Å². The molecule has 0 saturated carbocycles. The summed E-state index contributed by atoms with van der Waals surface area (Å²) in [6.07, 6.45) is 4.70. The summed E-state index contributed by atoms with van der Waals surface area (Å²) in [7, 11) is 0. The van der Waals surface area contributed by atoms with Crippen LogP contribution in [0.3, 0.4) is 0 Å². The highest BCUT2D eigenvalue weighted by atomic mass is 35.5. The monoisotopic (exact) mass is 314 g/mol. The Morgan fingerprint density at radius 1 is 1.24 bits per heavy atom. The molecule has 1 aromatic carbocycles. The van der Waals surface area contributed by atoms with Crippen molar-refractivity contribution in [3.63, 3.8) is 0 Å². The van der Waals surface area contributed by atoms with Gasteiger partial charge < -0.3 is 15.8 Å². The molecule has 0 radical (unpaired) electrons. The van der Waals surface area contributed by atoms with Crippen molar-refractivity contribution in [1.29, 1.82) is 0 Å². The summed E-state index contributed by atoms with van der Waals surface area (Å²) in [5, 5.41) is 2.93. The topological polar surface area (TPSA) is 64.3 Å². The van der Waals surface area contributed by atoms with Crippen molar-refractivity contribution < 1.29 is 9.53 Å². The SMILES string of the molecule is CCOCc1cccc(NC(=O)CCCCCCN)c1.Cl. The van der Waals surface area contributed by atoms with Crippen LogP contribution in [0.15, 0.2) is 24.3 Å². The van der Waals surface area contributed by atoms with Crippen LogP contribution < -0.4 is 11.1 Å². The number of hydrogen-bond acceptors (Lipinski definition) is 3. The number of unbranched alkanes of at least 4 members (excludes halogenated alkanes) is 3. The molecule has 1 amide bonds. The van der Waals surface area contributed by atoms with Crippen LogP contribution in [0.1, 0.15) is 44.6 Å². The molecule has 1 rings (SSSR count). The van der Waals surface area contributed by atoms with E-state index in [0.717, 1.165) is 43.5 Å². The van der Waals surface area contributed by atoms with Gasteiger partial charge in [0.15, 0.2) is 0 Å². The summed E-state index contributed by atoms with van der Waals surface area (Å²) in [5.74, 6) is 0.0753. The van der Waals surface area contributed by atoms with E-state index in [1.807, 2.05) is 31.2 Å². The van der Waals surface area contributed by atoms with Gasteiger partial charge in [-0.15, -0.1) is 12.4 Å². The van der Waals surface area contributed by atoms with Crippen molar-refractivity contribution in [3.8, 4) is 0 Å². The quantitative estimate of drug-likeness (QED) is 0.650. The number of nitrogens with two attached hydrogens (primary N) is 1. The summed E-state index contributed by atoms with van der Waals surface area (Å²) in [6.45, 7) is 3.98. The number of carbonyl (C=O) groups excluding carboxylic acids is 1. The minimum Gasteiger partial charge on any atom is -0.377 e. The van der Waals surface area contributed by atoms with Gasteiger partial charge in [0, 0.05) is 18.7 Å². The van der Waals surface area contributed by atoms with Gasteiger partial charge >= 0.3 is 0 Å². The normalized spacial score (nSPS) is 10.0. The maximum atomic E-state index is 11.8. The number of benzene rings is 1. The first-order valence-electron chi connectivity index (χ1n) is 7.43. The molecule has 0 heterocycles. The van der Waals surface area contributed by atoms with Crippen molar-refractivity contribution in [2.75, 3.05) is 18.5 Å². The fourth-order valence-electron chi connectivity index (χ4n) is 1.97. The molecule has 4 nitrogen and oxygen atoms in total. The van der Waals surface area contributed by atoms with E-state index in [1.54, 1.807) is 0 Å². The minimum atomic E-state index is 0. The predicted molar refractivity (Wildman–Crippen MR) is 89.8 cm³/mol. The molecule has 5 heteroatoms. The molecule has 0 saturated heterocycles. The number of ether oxygens (including phenoxy) is 1. The number of rotatable bonds is 10. The van der Waals surface area contributed by atoms with E-state index < -0.39 is 0 Å². The Kier molecular flexibility index (Phi) is 12.0. The third-order valence-corrected chi connectivity index (χ3v) is 3.04. The summed E-state index contributed by atoms with van der Waals surface area (Å²) in [5.41, 5.74) is 7.35. The molecule has 1 aromatic rings. The molecule has 0 aliphatic rings. The van der Waals surface area contributed by atoms with Crippen LogP contribution in [0.5, 0.6) is 0 Å². The molecule has 120 valence electrons. The van der Waals surface area contributed by atoms with E-state index in [-0.39, 0.29) is 18.3 Å². The van der Waals surface area contributed by atoms with E-state index in [0.29, 0.717) is 19.6 Å². The lowest BCUT2D eigenvalue weighted by Gasteiger charge is -2.07. The molecule has 0 spiro atoms. The summed E-state index contributed by atoms with van der Waals surface area (Å²) < 4.78 is 5.36. The highest BCUT2D eigenvalue weighted by Crippen LogP contribution is 2.12. The number of amides is 1. The number of carbonyl (C=O) groups is 1. The van der Waals surface area contributed by atoms with Crippen molar-refractivity contribution in [2.24, 2.45) is 5.73 Å². The first-order valence-corrected chi connectivity index (χ1v) is 7.43. The highest BCUT2D eigenvalue weighted by Gasteiger charge is 2.03. The van der Waals surface area contributed by atoms with Crippen molar-refractivity contribution >= 4 is 24.0 Å². The lowest BCUT2D eigenvalue weighted by Crippen LogP contribution is -2.11. The van der Waals surface area contributed by atoms with Gasteiger partial charge in [-0.1, -0.05) is 25.0 Å². The zero-order valence-corrected chi connectivity index (χ0v) is 13.6. The summed E-state index contributed by atoms with van der Waals surface area (Å²) >= 11 is 0. The molecule has 0 aliphatic heterocycles. The molecule has 0 aromatic heterocycles. The van der Waals surface area contributed by atoms with E-state index in [4.69, 9.17) is 10.5 Å². The number of halogens is 1. The minimum absolute atomic E-state index is 0. The molecule has 0 unspecified atom stereocenters. The zero-order valence-electron chi connectivity index (χ0n) is 12.8. The lowest BCUT2D eigenvalue weighted by atomic mass is 10.1. The second-order valence-corrected chi connectivity index (χ2v) is 4.84. The van der Waals surface area contributed by atoms with Crippen LogP contribution in [-0.2, 0) is 16.1 Å². The average molecular weight is 315 g/mol. The molecule has 0 bridgehead atoms. The smallest absolute Gasteiger partial charge is 0.224 e. The Morgan fingerprint density at radius 3 is 2.71 bits per heavy atom.